The molecule has 98 valence electrons. The van der Waals surface area contributed by atoms with Crippen molar-refractivity contribution in [3.63, 3.8) is 0 Å². The zero-order valence-corrected chi connectivity index (χ0v) is 10.4. The second-order valence-corrected chi connectivity index (χ2v) is 4.12. The van der Waals surface area contributed by atoms with Crippen LogP contribution in [-0.2, 0) is 4.79 Å². The zero-order chi connectivity index (χ0) is 13.8. The van der Waals surface area contributed by atoms with E-state index >= 15 is 0 Å². The summed E-state index contributed by atoms with van der Waals surface area (Å²) in [6, 6.07) is 14.0. The summed E-state index contributed by atoms with van der Waals surface area (Å²) in [5, 5.41) is 18.1. The summed E-state index contributed by atoms with van der Waals surface area (Å²) in [5.74, 6) is 0.118. The topological polar surface area (TPSA) is 66.8 Å². The van der Waals surface area contributed by atoms with E-state index in [0.29, 0.717) is 11.3 Å². The molecular formula is C15H14O4. The van der Waals surface area contributed by atoms with E-state index in [1.807, 2.05) is 6.07 Å². The second-order valence-electron chi connectivity index (χ2n) is 4.12. The van der Waals surface area contributed by atoms with Gasteiger partial charge in [0.1, 0.15) is 5.75 Å². The van der Waals surface area contributed by atoms with Crippen molar-refractivity contribution in [3.8, 4) is 16.9 Å². The average molecular weight is 258 g/mol. The first kappa shape index (κ1) is 13.3. The largest absolute Gasteiger partial charge is 0.427 e. The molecule has 2 aromatic carbocycles. The first-order chi connectivity index (χ1) is 9.06. The van der Waals surface area contributed by atoms with Crippen LogP contribution in [0.5, 0.6) is 5.75 Å². The number of carbonyl (C=O) groups excluding carboxylic acids is 1. The number of hydrogen-bond donors (Lipinski definition) is 2. The lowest BCUT2D eigenvalue weighted by molar-refractivity contribution is -0.131. The molecule has 0 atom stereocenters. The van der Waals surface area contributed by atoms with E-state index in [4.69, 9.17) is 14.9 Å². The highest BCUT2D eigenvalue weighted by atomic mass is 16.5. The molecule has 0 radical (unpaired) electrons. The van der Waals surface area contributed by atoms with Crippen molar-refractivity contribution in [2.24, 2.45) is 0 Å². The standard InChI is InChI=1S/C15H14O4/c1-10(16)19-14-4-2-3-13(9-14)11-5-7-12(8-6-11)15(17)18/h2-9,15,17-18H,1H3. The Hall–Kier alpha value is -2.17. The number of aliphatic hydroxyl groups excluding tert-OH is 1. The Morgan fingerprint density at radius 1 is 1.05 bits per heavy atom. The van der Waals surface area contributed by atoms with E-state index < -0.39 is 6.29 Å². The molecule has 0 aliphatic carbocycles. The van der Waals surface area contributed by atoms with Crippen LogP contribution in [0, 0.1) is 0 Å². The van der Waals surface area contributed by atoms with Crippen LogP contribution in [0.25, 0.3) is 11.1 Å². The quantitative estimate of drug-likeness (QED) is 0.503. The SMILES string of the molecule is CC(=O)Oc1cccc(-c2ccc(C(O)O)cc2)c1. The molecule has 4 heteroatoms. The normalized spacial score (nSPS) is 10.5. The predicted octanol–water partition coefficient (Wildman–Crippen LogP) is 2.26. The molecule has 0 unspecified atom stereocenters. The Morgan fingerprint density at radius 3 is 2.32 bits per heavy atom. The fraction of sp³-hybridized carbons (Fsp3) is 0.133. The molecule has 0 bridgehead atoms. The van der Waals surface area contributed by atoms with Gasteiger partial charge in [-0.05, 0) is 23.3 Å². The molecule has 2 N–H and O–H groups in total. The van der Waals surface area contributed by atoms with Gasteiger partial charge >= 0.3 is 5.97 Å². The van der Waals surface area contributed by atoms with Gasteiger partial charge in [-0.1, -0.05) is 36.4 Å². The minimum atomic E-state index is -1.47. The Bertz CT molecular complexity index is 573. The molecule has 0 amide bonds. The fourth-order valence-corrected chi connectivity index (χ4v) is 1.75. The third-order valence-electron chi connectivity index (χ3n) is 2.64. The highest BCUT2D eigenvalue weighted by Gasteiger charge is 2.05. The molecule has 0 heterocycles. The lowest BCUT2D eigenvalue weighted by Gasteiger charge is -2.07. The second kappa shape index (κ2) is 5.65. The maximum absolute atomic E-state index is 10.9. The molecule has 4 nitrogen and oxygen atoms in total. The van der Waals surface area contributed by atoms with Gasteiger partial charge in [-0.2, -0.15) is 0 Å². The molecule has 0 saturated heterocycles. The monoisotopic (exact) mass is 258 g/mol. The third kappa shape index (κ3) is 3.40. The lowest BCUT2D eigenvalue weighted by Crippen LogP contribution is -2.01. The van der Waals surface area contributed by atoms with Gasteiger partial charge in [0.25, 0.3) is 0 Å². The smallest absolute Gasteiger partial charge is 0.308 e. The number of rotatable bonds is 3. The molecule has 0 fully saturated rings. The van der Waals surface area contributed by atoms with Crippen molar-refractivity contribution in [2.75, 3.05) is 0 Å². The minimum absolute atomic E-state index is 0.365. The van der Waals surface area contributed by atoms with Crippen molar-refractivity contribution in [3.05, 3.63) is 54.1 Å². The van der Waals surface area contributed by atoms with E-state index in [1.165, 1.54) is 6.92 Å². The Morgan fingerprint density at radius 2 is 1.74 bits per heavy atom. The van der Waals surface area contributed by atoms with Crippen LogP contribution in [0.2, 0.25) is 0 Å². The van der Waals surface area contributed by atoms with Crippen molar-refractivity contribution in [1.82, 2.24) is 0 Å². The third-order valence-corrected chi connectivity index (χ3v) is 2.64. The number of carbonyl (C=O) groups is 1. The zero-order valence-electron chi connectivity index (χ0n) is 10.4. The van der Waals surface area contributed by atoms with Crippen LogP contribution >= 0.6 is 0 Å². The van der Waals surface area contributed by atoms with Crippen LogP contribution in [0.1, 0.15) is 18.8 Å². The molecule has 0 spiro atoms. The Labute approximate surface area is 110 Å². The van der Waals surface area contributed by atoms with Gasteiger partial charge in [-0.25, -0.2) is 0 Å². The number of hydrogen-bond acceptors (Lipinski definition) is 4. The first-order valence-corrected chi connectivity index (χ1v) is 5.81. The molecule has 2 rings (SSSR count). The summed E-state index contributed by atoms with van der Waals surface area (Å²) in [5.41, 5.74) is 2.22. The van der Waals surface area contributed by atoms with Crippen LogP contribution in [0.15, 0.2) is 48.5 Å². The van der Waals surface area contributed by atoms with Crippen LogP contribution in [-0.4, -0.2) is 16.2 Å². The highest BCUT2D eigenvalue weighted by Crippen LogP contribution is 2.25. The van der Waals surface area contributed by atoms with E-state index in [1.54, 1.807) is 42.5 Å². The van der Waals surface area contributed by atoms with Gasteiger partial charge in [0.15, 0.2) is 6.29 Å². The molecule has 0 saturated carbocycles. The summed E-state index contributed by atoms with van der Waals surface area (Å²) in [7, 11) is 0. The summed E-state index contributed by atoms with van der Waals surface area (Å²) in [4.78, 5) is 10.9. The van der Waals surface area contributed by atoms with Crippen LogP contribution in [0.4, 0.5) is 0 Å². The lowest BCUT2D eigenvalue weighted by atomic mass is 10.0. The van der Waals surface area contributed by atoms with Gasteiger partial charge in [0.05, 0.1) is 0 Å². The van der Waals surface area contributed by atoms with Gasteiger partial charge in [0.2, 0.25) is 0 Å². The van der Waals surface area contributed by atoms with Crippen molar-refractivity contribution < 1.29 is 19.7 Å². The predicted molar refractivity (Wildman–Crippen MR) is 70.4 cm³/mol. The van der Waals surface area contributed by atoms with E-state index in [0.717, 1.165) is 11.1 Å². The number of benzene rings is 2. The fourth-order valence-electron chi connectivity index (χ4n) is 1.75. The molecule has 0 aliphatic heterocycles. The van der Waals surface area contributed by atoms with Crippen molar-refractivity contribution >= 4 is 5.97 Å². The van der Waals surface area contributed by atoms with Gasteiger partial charge in [0, 0.05) is 12.5 Å². The molecule has 2 aromatic rings. The highest BCUT2D eigenvalue weighted by molar-refractivity contribution is 5.71. The van der Waals surface area contributed by atoms with Gasteiger partial charge < -0.3 is 14.9 Å². The van der Waals surface area contributed by atoms with Crippen LogP contribution < -0.4 is 4.74 Å². The number of aliphatic hydroxyl groups is 2. The minimum Gasteiger partial charge on any atom is -0.427 e. The van der Waals surface area contributed by atoms with Gasteiger partial charge in [-0.3, -0.25) is 4.79 Å². The van der Waals surface area contributed by atoms with Crippen molar-refractivity contribution in [1.29, 1.82) is 0 Å². The summed E-state index contributed by atoms with van der Waals surface area (Å²) >= 11 is 0. The Balaban J connectivity index is 2.28. The van der Waals surface area contributed by atoms with Crippen LogP contribution in [0.3, 0.4) is 0 Å². The maximum atomic E-state index is 10.9. The molecule has 0 aromatic heterocycles. The van der Waals surface area contributed by atoms with E-state index in [-0.39, 0.29) is 5.97 Å². The van der Waals surface area contributed by atoms with Gasteiger partial charge in [-0.15, -0.1) is 0 Å². The first-order valence-electron chi connectivity index (χ1n) is 5.81. The summed E-state index contributed by atoms with van der Waals surface area (Å²) in [6.45, 7) is 1.35. The summed E-state index contributed by atoms with van der Waals surface area (Å²) < 4.78 is 5.02. The molecule has 0 aliphatic rings. The number of ether oxygens (including phenoxy) is 1. The van der Waals surface area contributed by atoms with E-state index in [2.05, 4.69) is 0 Å². The molecular weight excluding hydrogens is 244 g/mol. The Kier molecular flexibility index (Phi) is 3.94. The summed E-state index contributed by atoms with van der Waals surface area (Å²) in [6.07, 6.45) is -1.47. The van der Waals surface area contributed by atoms with E-state index in [9.17, 15) is 4.79 Å². The maximum Gasteiger partial charge on any atom is 0.308 e. The molecule has 19 heavy (non-hydrogen) atoms. The number of esters is 1. The average Bonchev–Trinajstić information content (AvgIpc) is 2.38. The van der Waals surface area contributed by atoms with Crippen molar-refractivity contribution in [2.45, 2.75) is 13.2 Å².